The highest BCUT2D eigenvalue weighted by atomic mass is 32.2. The number of aromatic amines is 1. The molecule has 7 nitrogen and oxygen atoms in total. The minimum Gasteiger partial charge on any atom is -0.346 e. The van der Waals surface area contributed by atoms with Gasteiger partial charge in [0.15, 0.2) is 0 Å². The molecule has 3 heterocycles. The van der Waals surface area contributed by atoms with Crippen LogP contribution in [0.5, 0.6) is 0 Å². The lowest BCUT2D eigenvalue weighted by Gasteiger charge is -2.16. The van der Waals surface area contributed by atoms with Crippen LogP contribution in [0.3, 0.4) is 0 Å². The van der Waals surface area contributed by atoms with Crippen LogP contribution >= 0.6 is 0 Å². The van der Waals surface area contributed by atoms with Crippen LogP contribution in [0.15, 0.2) is 17.3 Å². The normalized spacial score (nSPS) is 19.9. The van der Waals surface area contributed by atoms with Crippen LogP contribution < -0.4 is 0 Å². The summed E-state index contributed by atoms with van der Waals surface area (Å²) < 4.78 is 28.9. The van der Waals surface area contributed by atoms with Crippen LogP contribution in [0, 0.1) is 13.8 Å². The van der Waals surface area contributed by atoms with Crippen molar-refractivity contribution in [3.63, 3.8) is 0 Å². The molecule has 120 valence electrons. The van der Waals surface area contributed by atoms with E-state index in [4.69, 9.17) is 0 Å². The first-order valence-corrected chi connectivity index (χ1v) is 8.91. The highest BCUT2D eigenvalue weighted by molar-refractivity contribution is 7.89. The largest absolute Gasteiger partial charge is 0.346 e. The monoisotopic (exact) mass is 323 g/mol. The maximum absolute atomic E-state index is 12.8. The molecule has 3 rings (SSSR count). The molecule has 2 aromatic heterocycles. The first-order valence-electron chi connectivity index (χ1n) is 7.47. The van der Waals surface area contributed by atoms with Crippen LogP contribution in [-0.2, 0) is 16.6 Å². The Hall–Kier alpha value is -1.67. The van der Waals surface area contributed by atoms with Gasteiger partial charge in [0.25, 0.3) is 0 Å². The van der Waals surface area contributed by atoms with Crippen LogP contribution in [0.2, 0.25) is 0 Å². The first kappa shape index (κ1) is 15.2. The van der Waals surface area contributed by atoms with Gasteiger partial charge in [0.2, 0.25) is 10.0 Å². The number of nitrogens with one attached hydrogen (secondary N) is 1. The van der Waals surface area contributed by atoms with Crippen molar-refractivity contribution in [1.82, 2.24) is 24.1 Å². The summed E-state index contributed by atoms with van der Waals surface area (Å²) in [5.41, 5.74) is 1.69. The van der Waals surface area contributed by atoms with Crippen molar-refractivity contribution in [1.29, 1.82) is 0 Å². The standard InChI is InChI=1S/C14H21N5O2S/c1-4-19-11(3)13(8-16-19)22(20,21)18-6-5-12(9-18)14-15-7-10(2)17-14/h7-8,12H,4-6,9H2,1-3H3,(H,15,17)/t12-/m1/s1. The molecular formula is C14H21N5O2S. The Labute approximate surface area is 130 Å². The summed E-state index contributed by atoms with van der Waals surface area (Å²) in [6.45, 7) is 7.34. The lowest BCUT2D eigenvalue weighted by molar-refractivity contribution is 0.470. The molecule has 0 bridgehead atoms. The van der Waals surface area contributed by atoms with E-state index in [0.29, 0.717) is 30.2 Å². The molecule has 0 amide bonds. The summed E-state index contributed by atoms with van der Waals surface area (Å²) in [7, 11) is -3.48. The van der Waals surface area contributed by atoms with Crippen molar-refractivity contribution in [2.45, 2.75) is 44.6 Å². The van der Waals surface area contributed by atoms with Crippen LogP contribution in [0.4, 0.5) is 0 Å². The molecule has 2 aromatic rings. The van der Waals surface area contributed by atoms with Crippen molar-refractivity contribution < 1.29 is 8.42 Å². The van der Waals surface area contributed by atoms with E-state index in [1.165, 1.54) is 6.20 Å². The second-order valence-electron chi connectivity index (χ2n) is 5.71. The highest BCUT2D eigenvalue weighted by Gasteiger charge is 2.36. The van der Waals surface area contributed by atoms with E-state index in [1.54, 1.807) is 22.1 Å². The van der Waals surface area contributed by atoms with Crippen molar-refractivity contribution in [2.75, 3.05) is 13.1 Å². The van der Waals surface area contributed by atoms with Gasteiger partial charge in [-0.25, -0.2) is 13.4 Å². The van der Waals surface area contributed by atoms with Gasteiger partial charge in [-0.1, -0.05) is 0 Å². The molecule has 22 heavy (non-hydrogen) atoms. The second-order valence-corrected chi connectivity index (χ2v) is 7.62. The molecule has 0 unspecified atom stereocenters. The van der Waals surface area contributed by atoms with Crippen LogP contribution in [0.1, 0.15) is 36.5 Å². The first-order chi connectivity index (χ1) is 10.4. The number of aryl methyl sites for hydroxylation is 2. The fourth-order valence-electron chi connectivity index (χ4n) is 2.95. The molecule has 1 aliphatic rings. The van der Waals surface area contributed by atoms with Crippen molar-refractivity contribution in [3.05, 3.63) is 29.6 Å². The van der Waals surface area contributed by atoms with E-state index in [9.17, 15) is 8.42 Å². The number of aromatic nitrogens is 4. The Morgan fingerprint density at radius 3 is 2.73 bits per heavy atom. The fourth-order valence-corrected chi connectivity index (χ4v) is 4.61. The van der Waals surface area contributed by atoms with E-state index >= 15 is 0 Å². The maximum atomic E-state index is 12.8. The van der Waals surface area contributed by atoms with Crippen LogP contribution in [-0.4, -0.2) is 45.6 Å². The van der Waals surface area contributed by atoms with Crippen LogP contribution in [0.25, 0.3) is 0 Å². The quantitative estimate of drug-likeness (QED) is 0.922. The predicted octanol–water partition coefficient (Wildman–Crippen LogP) is 1.42. The van der Waals surface area contributed by atoms with E-state index in [2.05, 4.69) is 15.1 Å². The molecule has 8 heteroatoms. The maximum Gasteiger partial charge on any atom is 0.246 e. The van der Waals surface area contributed by atoms with Crippen molar-refractivity contribution in [3.8, 4) is 0 Å². The van der Waals surface area contributed by atoms with Crippen molar-refractivity contribution >= 4 is 10.0 Å². The van der Waals surface area contributed by atoms with Gasteiger partial charge in [-0.2, -0.15) is 9.40 Å². The summed E-state index contributed by atoms with van der Waals surface area (Å²) in [5.74, 6) is 1.00. The summed E-state index contributed by atoms with van der Waals surface area (Å²) in [4.78, 5) is 7.84. The molecule has 1 fully saturated rings. The smallest absolute Gasteiger partial charge is 0.246 e. The number of imidazole rings is 1. The van der Waals surface area contributed by atoms with Gasteiger partial charge in [0.1, 0.15) is 10.7 Å². The average Bonchev–Trinajstić information content (AvgIpc) is 3.17. The highest BCUT2D eigenvalue weighted by Crippen LogP contribution is 2.30. The third-order valence-corrected chi connectivity index (χ3v) is 6.20. The summed E-state index contributed by atoms with van der Waals surface area (Å²) in [5, 5.41) is 4.14. The minimum absolute atomic E-state index is 0.130. The number of rotatable bonds is 4. The Morgan fingerprint density at radius 1 is 1.36 bits per heavy atom. The summed E-state index contributed by atoms with van der Waals surface area (Å²) >= 11 is 0. The van der Waals surface area contributed by atoms with Gasteiger partial charge in [-0.05, 0) is 27.2 Å². The number of H-pyrrole nitrogens is 1. The molecule has 1 aliphatic heterocycles. The Bertz CT molecular complexity index is 777. The molecule has 0 radical (unpaired) electrons. The molecular weight excluding hydrogens is 302 g/mol. The van der Waals surface area contributed by atoms with Gasteiger partial charge in [-0.15, -0.1) is 0 Å². The third-order valence-electron chi connectivity index (χ3n) is 4.24. The predicted molar refractivity (Wildman–Crippen MR) is 82.1 cm³/mol. The second kappa shape index (κ2) is 5.51. The molecule has 0 aromatic carbocycles. The summed E-state index contributed by atoms with van der Waals surface area (Å²) in [6.07, 6.45) is 4.02. The summed E-state index contributed by atoms with van der Waals surface area (Å²) in [6, 6.07) is 0. The fraction of sp³-hybridized carbons (Fsp3) is 0.571. The molecule has 0 saturated carbocycles. The molecule has 1 saturated heterocycles. The van der Waals surface area contributed by atoms with Gasteiger partial charge < -0.3 is 4.98 Å². The van der Waals surface area contributed by atoms with Gasteiger partial charge in [0.05, 0.1) is 11.9 Å². The molecule has 0 spiro atoms. The zero-order chi connectivity index (χ0) is 15.9. The third kappa shape index (κ3) is 2.46. The van der Waals surface area contributed by atoms with E-state index in [0.717, 1.165) is 17.9 Å². The van der Waals surface area contributed by atoms with Gasteiger partial charge in [0, 0.05) is 37.4 Å². The zero-order valence-corrected chi connectivity index (χ0v) is 13.9. The number of sulfonamides is 1. The Balaban J connectivity index is 1.83. The lowest BCUT2D eigenvalue weighted by Crippen LogP contribution is -2.29. The van der Waals surface area contributed by atoms with Crippen molar-refractivity contribution in [2.24, 2.45) is 0 Å². The van der Waals surface area contributed by atoms with E-state index in [1.807, 2.05) is 13.8 Å². The van der Waals surface area contributed by atoms with E-state index in [-0.39, 0.29) is 5.92 Å². The van der Waals surface area contributed by atoms with Gasteiger partial charge in [-0.3, -0.25) is 4.68 Å². The zero-order valence-electron chi connectivity index (χ0n) is 13.1. The molecule has 0 aliphatic carbocycles. The minimum atomic E-state index is -3.48. The molecule has 1 atom stereocenters. The Kier molecular flexibility index (Phi) is 3.82. The SMILES string of the molecule is CCn1ncc(S(=O)(=O)N2CC[C@@H](c3ncc(C)[nH]3)C2)c1C. The number of hydrogen-bond donors (Lipinski definition) is 1. The van der Waals surface area contributed by atoms with E-state index < -0.39 is 10.0 Å². The number of nitrogens with zero attached hydrogens (tertiary/aromatic N) is 4. The van der Waals surface area contributed by atoms with Gasteiger partial charge >= 0.3 is 0 Å². The average molecular weight is 323 g/mol. The molecule has 1 N–H and O–H groups in total. The lowest BCUT2D eigenvalue weighted by atomic mass is 10.1. The topological polar surface area (TPSA) is 83.9 Å². The Morgan fingerprint density at radius 2 is 2.14 bits per heavy atom. The number of hydrogen-bond acceptors (Lipinski definition) is 4.